The van der Waals surface area contributed by atoms with Crippen LogP contribution in [0.3, 0.4) is 0 Å². The highest BCUT2D eigenvalue weighted by atomic mass is 32.2. The van der Waals surface area contributed by atoms with Crippen molar-refractivity contribution in [2.45, 2.75) is 29.2 Å². The van der Waals surface area contributed by atoms with Gasteiger partial charge in [0, 0.05) is 12.3 Å². The summed E-state index contributed by atoms with van der Waals surface area (Å²) in [6.07, 6.45) is 3.93. The molecule has 0 spiro atoms. The lowest BCUT2D eigenvalue weighted by Crippen LogP contribution is -1.99. The Kier molecular flexibility index (Phi) is 2.63. The number of rotatable bonds is 4. The second-order valence-electron chi connectivity index (χ2n) is 3.62. The molecule has 0 unspecified atom stereocenters. The normalized spacial score (nSPS) is 14.9. The first kappa shape index (κ1) is 10.5. The van der Waals surface area contributed by atoms with Gasteiger partial charge >= 0.3 is 0 Å². The van der Waals surface area contributed by atoms with E-state index in [-0.39, 0.29) is 0 Å². The Morgan fingerprint density at radius 1 is 1.47 bits per heavy atom. The third-order valence-electron chi connectivity index (χ3n) is 2.35. The molecular formula is C9H10N6OS. The smallest absolute Gasteiger partial charge is 0.217 e. The minimum Gasteiger partial charge on any atom is -0.481 e. The summed E-state index contributed by atoms with van der Waals surface area (Å²) in [6, 6.07) is 2.15. The molecular weight excluding hydrogens is 240 g/mol. The van der Waals surface area contributed by atoms with Gasteiger partial charge in [-0.25, -0.2) is 9.67 Å². The van der Waals surface area contributed by atoms with Crippen molar-refractivity contribution in [1.29, 1.82) is 0 Å². The van der Waals surface area contributed by atoms with E-state index in [1.54, 1.807) is 19.4 Å². The molecule has 0 aliphatic heterocycles. The molecule has 1 aliphatic carbocycles. The predicted octanol–water partition coefficient (Wildman–Crippen LogP) is 0.958. The Bertz CT molecular complexity index is 526. The minimum atomic E-state index is 0.443. The molecule has 0 radical (unpaired) electrons. The molecule has 2 aromatic rings. The summed E-state index contributed by atoms with van der Waals surface area (Å²) in [4.78, 5) is 8.35. The Morgan fingerprint density at radius 3 is 3.12 bits per heavy atom. The lowest BCUT2D eigenvalue weighted by atomic mass is 10.6. The van der Waals surface area contributed by atoms with E-state index in [2.05, 4.69) is 25.5 Å². The van der Waals surface area contributed by atoms with Crippen molar-refractivity contribution in [2.24, 2.45) is 0 Å². The summed E-state index contributed by atoms with van der Waals surface area (Å²) >= 11 is 1.34. The maximum Gasteiger partial charge on any atom is 0.217 e. The molecule has 7 nitrogen and oxygen atoms in total. The van der Waals surface area contributed by atoms with Gasteiger partial charge in [-0.1, -0.05) is 0 Å². The SMILES string of the molecule is COc1ccnc(Sc2nnnn2C2CC2)n1. The van der Waals surface area contributed by atoms with Gasteiger partial charge in [-0.2, -0.15) is 4.98 Å². The highest BCUT2D eigenvalue weighted by Gasteiger charge is 2.28. The molecule has 1 fully saturated rings. The Balaban J connectivity index is 1.83. The number of methoxy groups -OCH3 is 1. The molecule has 0 bridgehead atoms. The highest BCUT2D eigenvalue weighted by Crippen LogP contribution is 2.37. The van der Waals surface area contributed by atoms with Crippen molar-refractivity contribution in [1.82, 2.24) is 30.2 Å². The van der Waals surface area contributed by atoms with E-state index in [4.69, 9.17) is 4.74 Å². The Labute approximate surface area is 102 Å². The molecule has 0 aromatic carbocycles. The number of hydrogen-bond acceptors (Lipinski definition) is 7. The number of hydrogen-bond donors (Lipinski definition) is 0. The van der Waals surface area contributed by atoms with Crippen LogP contribution in [0.15, 0.2) is 22.6 Å². The quantitative estimate of drug-likeness (QED) is 0.747. The van der Waals surface area contributed by atoms with Crippen LogP contribution >= 0.6 is 11.8 Å². The molecule has 2 aromatic heterocycles. The minimum absolute atomic E-state index is 0.443. The van der Waals surface area contributed by atoms with Gasteiger partial charge in [0.2, 0.25) is 11.0 Å². The average molecular weight is 250 g/mol. The monoisotopic (exact) mass is 250 g/mol. The fourth-order valence-corrected chi connectivity index (χ4v) is 2.14. The second-order valence-corrected chi connectivity index (χ2v) is 4.56. The highest BCUT2D eigenvalue weighted by molar-refractivity contribution is 7.99. The van der Waals surface area contributed by atoms with Crippen LogP contribution in [0.25, 0.3) is 0 Å². The van der Waals surface area contributed by atoms with Crippen LogP contribution < -0.4 is 4.74 Å². The van der Waals surface area contributed by atoms with Crippen molar-refractivity contribution in [3.8, 4) is 5.88 Å². The molecule has 88 valence electrons. The topological polar surface area (TPSA) is 78.6 Å². The van der Waals surface area contributed by atoms with E-state index in [9.17, 15) is 0 Å². The van der Waals surface area contributed by atoms with Crippen LogP contribution in [-0.2, 0) is 0 Å². The van der Waals surface area contributed by atoms with Gasteiger partial charge < -0.3 is 4.74 Å². The van der Waals surface area contributed by atoms with Gasteiger partial charge in [0.25, 0.3) is 0 Å². The van der Waals surface area contributed by atoms with Gasteiger partial charge in [-0.05, 0) is 35.0 Å². The van der Waals surface area contributed by atoms with Crippen LogP contribution in [0.2, 0.25) is 0 Å². The summed E-state index contributed by atoms with van der Waals surface area (Å²) < 4.78 is 6.87. The summed E-state index contributed by atoms with van der Waals surface area (Å²) in [6.45, 7) is 0. The van der Waals surface area contributed by atoms with Crippen LogP contribution in [0.4, 0.5) is 0 Å². The third kappa shape index (κ3) is 2.21. The lowest BCUT2D eigenvalue weighted by Gasteiger charge is -2.02. The first-order valence-corrected chi connectivity index (χ1v) is 6.01. The molecule has 0 saturated heterocycles. The van der Waals surface area contributed by atoms with Gasteiger partial charge in [0.1, 0.15) is 0 Å². The lowest BCUT2D eigenvalue weighted by molar-refractivity contribution is 0.392. The van der Waals surface area contributed by atoms with Crippen LogP contribution in [0, 0.1) is 0 Å². The number of nitrogens with zero attached hydrogens (tertiary/aromatic N) is 6. The second kappa shape index (κ2) is 4.28. The fraction of sp³-hybridized carbons (Fsp3) is 0.444. The molecule has 1 saturated carbocycles. The third-order valence-corrected chi connectivity index (χ3v) is 3.19. The van der Waals surface area contributed by atoms with Gasteiger partial charge in [0.15, 0.2) is 5.16 Å². The summed E-state index contributed by atoms with van der Waals surface area (Å²) in [5.41, 5.74) is 0. The summed E-state index contributed by atoms with van der Waals surface area (Å²) in [5.74, 6) is 0.535. The molecule has 0 atom stereocenters. The van der Waals surface area contributed by atoms with Gasteiger partial charge in [-0.3, -0.25) is 0 Å². The first-order valence-electron chi connectivity index (χ1n) is 5.19. The van der Waals surface area contributed by atoms with E-state index >= 15 is 0 Å². The predicted molar refractivity (Wildman–Crippen MR) is 58.8 cm³/mol. The zero-order valence-electron chi connectivity index (χ0n) is 9.15. The zero-order chi connectivity index (χ0) is 11.7. The number of aromatic nitrogens is 6. The average Bonchev–Trinajstić information content (AvgIpc) is 3.11. The summed E-state index contributed by atoms with van der Waals surface area (Å²) in [7, 11) is 1.57. The van der Waals surface area contributed by atoms with Crippen LogP contribution in [-0.4, -0.2) is 37.3 Å². The molecule has 8 heteroatoms. The standard InChI is InChI=1S/C9H10N6OS/c1-16-7-4-5-10-8(11-7)17-9-12-13-14-15(9)6-2-3-6/h4-6H,2-3H2,1H3. The van der Waals surface area contributed by atoms with Gasteiger partial charge in [0.05, 0.1) is 13.2 Å². The molecule has 0 amide bonds. The fourth-order valence-electron chi connectivity index (χ4n) is 1.37. The van der Waals surface area contributed by atoms with E-state index in [0.717, 1.165) is 18.0 Å². The number of ether oxygens (including phenoxy) is 1. The molecule has 2 heterocycles. The van der Waals surface area contributed by atoms with Crippen LogP contribution in [0.5, 0.6) is 5.88 Å². The van der Waals surface area contributed by atoms with Crippen molar-refractivity contribution < 1.29 is 4.74 Å². The van der Waals surface area contributed by atoms with Crippen LogP contribution in [0.1, 0.15) is 18.9 Å². The zero-order valence-corrected chi connectivity index (χ0v) is 9.96. The van der Waals surface area contributed by atoms with Crippen molar-refractivity contribution >= 4 is 11.8 Å². The molecule has 3 rings (SSSR count). The Morgan fingerprint density at radius 2 is 2.35 bits per heavy atom. The first-order chi connectivity index (χ1) is 8.36. The van der Waals surface area contributed by atoms with Crippen molar-refractivity contribution in [3.05, 3.63) is 12.3 Å². The summed E-state index contributed by atoms with van der Waals surface area (Å²) in [5, 5.41) is 12.9. The maximum absolute atomic E-state index is 5.04. The van der Waals surface area contributed by atoms with Crippen molar-refractivity contribution in [3.63, 3.8) is 0 Å². The van der Waals surface area contributed by atoms with E-state index < -0.39 is 0 Å². The maximum atomic E-state index is 5.04. The molecule has 0 N–H and O–H groups in total. The largest absolute Gasteiger partial charge is 0.481 e. The number of tetrazole rings is 1. The Hall–Kier alpha value is -1.70. The van der Waals surface area contributed by atoms with E-state index in [1.807, 2.05) is 4.68 Å². The molecule has 1 aliphatic rings. The molecule has 17 heavy (non-hydrogen) atoms. The van der Waals surface area contributed by atoms with E-state index in [0.29, 0.717) is 17.1 Å². The van der Waals surface area contributed by atoms with Crippen molar-refractivity contribution in [2.75, 3.05) is 7.11 Å². The van der Waals surface area contributed by atoms with Gasteiger partial charge in [-0.15, -0.1) is 5.10 Å². The van der Waals surface area contributed by atoms with E-state index in [1.165, 1.54) is 11.8 Å².